The van der Waals surface area contributed by atoms with Gasteiger partial charge in [-0.15, -0.1) is 0 Å². The largest absolute Gasteiger partial charge is 0.464 e. The van der Waals surface area contributed by atoms with E-state index < -0.39 is 5.97 Å². The third-order valence-electron chi connectivity index (χ3n) is 4.39. The van der Waals surface area contributed by atoms with Gasteiger partial charge in [0.15, 0.2) is 17.0 Å². The Hall–Kier alpha value is -2.94. The highest BCUT2D eigenvalue weighted by atomic mass is 35.5. The molecule has 1 unspecified atom stereocenters. The van der Waals surface area contributed by atoms with Crippen molar-refractivity contribution < 1.29 is 14.3 Å². The number of rotatable bonds is 2. The molecule has 0 N–H and O–H groups in total. The van der Waals surface area contributed by atoms with Crippen LogP contribution in [0, 0.1) is 0 Å². The molecule has 0 aliphatic carbocycles. The summed E-state index contributed by atoms with van der Waals surface area (Å²) in [6.07, 6.45) is 4.74. The number of hydrogen-bond acceptors (Lipinski definition) is 6. The van der Waals surface area contributed by atoms with Crippen LogP contribution >= 0.6 is 11.6 Å². The van der Waals surface area contributed by atoms with Crippen LogP contribution in [0.1, 0.15) is 39.8 Å². The van der Waals surface area contributed by atoms with E-state index in [9.17, 15) is 9.59 Å². The van der Waals surface area contributed by atoms with E-state index in [1.54, 1.807) is 23.4 Å². The first-order valence-corrected chi connectivity index (χ1v) is 8.33. The van der Waals surface area contributed by atoms with Gasteiger partial charge in [-0.25, -0.2) is 19.3 Å². The molecule has 0 fully saturated rings. The number of aromatic nitrogens is 5. The minimum absolute atomic E-state index is 0.229. The summed E-state index contributed by atoms with van der Waals surface area (Å²) in [5.41, 5.74) is 1.05. The standard InChI is InChI=1S/C16H15ClN6O3/c1-9-14-19-12(16(25)26-2)8-21(14)3-4-22(9)15(24)11-5-13-18-6-10(17)7-23(13)20-11/h5-9H,3-4H2,1-2H3. The monoisotopic (exact) mass is 374 g/mol. The number of esters is 1. The molecular formula is C16H15ClN6O3. The van der Waals surface area contributed by atoms with Gasteiger partial charge in [0, 0.05) is 31.5 Å². The molecule has 10 heteroatoms. The van der Waals surface area contributed by atoms with Crippen LogP contribution in [0.4, 0.5) is 0 Å². The van der Waals surface area contributed by atoms with Crippen LogP contribution in [-0.2, 0) is 11.3 Å². The molecule has 1 atom stereocenters. The summed E-state index contributed by atoms with van der Waals surface area (Å²) in [5.74, 6) is -0.0943. The number of carbonyl (C=O) groups excluding carboxylic acids is 2. The Bertz CT molecular complexity index is 1030. The Morgan fingerprint density at radius 3 is 2.85 bits per heavy atom. The molecule has 0 saturated carbocycles. The summed E-state index contributed by atoms with van der Waals surface area (Å²) in [4.78, 5) is 34.8. The lowest BCUT2D eigenvalue weighted by Gasteiger charge is -2.33. The van der Waals surface area contributed by atoms with Crippen LogP contribution in [0.3, 0.4) is 0 Å². The van der Waals surface area contributed by atoms with Crippen LogP contribution in [0.25, 0.3) is 5.65 Å². The second-order valence-corrected chi connectivity index (χ2v) is 6.38. The molecule has 1 aliphatic heterocycles. The van der Waals surface area contributed by atoms with Crippen LogP contribution < -0.4 is 0 Å². The van der Waals surface area contributed by atoms with Gasteiger partial charge in [-0.2, -0.15) is 5.10 Å². The maximum atomic E-state index is 12.9. The third kappa shape index (κ3) is 2.60. The molecule has 0 aromatic carbocycles. The van der Waals surface area contributed by atoms with Crippen molar-refractivity contribution >= 4 is 29.1 Å². The van der Waals surface area contributed by atoms with E-state index in [0.29, 0.717) is 29.6 Å². The van der Waals surface area contributed by atoms with Crippen LogP contribution in [0.5, 0.6) is 0 Å². The first kappa shape index (κ1) is 16.5. The number of amides is 1. The first-order chi connectivity index (χ1) is 12.5. The number of fused-ring (bicyclic) bond motifs is 2. The summed E-state index contributed by atoms with van der Waals surface area (Å²) in [5, 5.41) is 4.70. The molecule has 134 valence electrons. The average Bonchev–Trinajstić information content (AvgIpc) is 3.25. The van der Waals surface area contributed by atoms with Gasteiger partial charge in [-0.05, 0) is 6.92 Å². The van der Waals surface area contributed by atoms with Gasteiger partial charge in [-0.3, -0.25) is 4.79 Å². The van der Waals surface area contributed by atoms with Crippen molar-refractivity contribution in [1.29, 1.82) is 0 Å². The second-order valence-electron chi connectivity index (χ2n) is 5.95. The minimum atomic E-state index is -0.500. The Morgan fingerprint density at radius 1 is 1.27 bits per heavy atom. The predicted octanol–water partition coefficient (Wildman–Crippen LogP) is 1.58. The summed E-state index contributed by atoms with van der Waals surface area (Å²) in [6.45, 7) is 2.88. The average molecular weight is 375 g/mol. The first-order valence-electron chi connectivity index (χ1n) is 7.95. The SMILES string of the molecule is COC(=O)c1cn2c(n1)C(C)N(C(=O)c1cc3ncc(Cl)cn3n1)CC2. The zero-order valence-corrected chi connectivity index (χ0v) is 14.8. The van der Waals surface area contributed by atoms with Gasteiger partial charge in [0.2, 0.25) is 0 Å². The van der Waals surface area contributed by atoms with Crippen LogP contribution in [-0.4, -0.2) is 54.6 Å². The molecule has 0 radical (unpaired) electrons. The van der Waals surface area contributed by atoms with E-state index in [-0.39, 0.29) is 23.3 Å². The maximum Gasteiger partial charge on any atom is 0.358 e. The van der Waals surface area contributed by atoms with Crippen molar-refractivity contribution in [2.24, 2.45) is 0 Å². The quantitative estimate of drug-likeness (QED) is 0.632. The highest BCUT2D eigenvalue weighted by Crippen LogP contribution is 2.26. The van der Waals surface area contributed by atoms with Gasteiger partial charge in [0.1, 0.15) is 5.82 Å². The second kappa shape index (κ2) is 6.10. The van der Waals surface area contributed by atoms with Crippen molar-refractivity contribution in [2.75, 3.05) is 13.7 Å². The number of ether oxygens (including phenoxy) is 1. The number of halogens is 1. The molecule has 26 heavy (non-hydrogen) atoms. The molecule has 4 heterocycles. The van der Waals surface area contributed by atoms with E-state index in [1.807, 2.05) is 11.5 Å². The fourth-order valence-corrected chi connectivity index (χ4v) is 3.22. The highest BCUT2D eigenvalue weighted by Gasteiger charge is 2.32. The Kier molecular flexibility index (Phi) is 3.87. The van der Waals surface area contributed by atoms with Gasteiger partial charge in [-0.1, -0.05) is 11.6 Å². The Labute approximate surface area is 153 Å². The lowest BCUT2D eigenvalue weighted by molar-refractivity contribution is 0.0594. The lowest BCUT2D eigenvalue weighted by atomic mass is 10.2. The van der Waals surface area contributed by atoms with Crippen LogP contribution in [0.15, 0.2) is 24.7 Å². The molecule has 9 nitrogen and oxygen atoms in total. The number of hydrogen-bond donors (Lipinski definition) is 0. The fraction of sp³-hybridized carbons (Fsp3) is 0.312. The number of nitrogens with zero attached hydrogens (tertiary/aromatic N) is 6. The maximum absolute atomic E-state index is 12.9. The smallest absolute Gasteiger partial charge is 0.358 e. The normalized spacial score (nSPS) is 16.6. The molecule has 0 bridgehead atoms. The van der Waals surface area contributed by atoms with Gasteiger partial charge in [0.25, 0.3) is 5.91 Å². The lowest BCUT2D eigenvalue weighted by Crippen LogP contribution is -2.41. The Balaban J connectivity index is 1.64. The van der Waals surface area contributed by atoms with Crippen molar-refractivity contribution in [3.05, 3.63) is 46.9 Å². The third-order valence-corrected chi connectivity index (χ3v) is 4.58. The number of methoxy groups -OCH3 is 1. The van der Waals surface area contributed by atoms with Crippen LogP contribution in [0.2, 0.25) is 5.02 Å². The predicted molar refractivity (Wildman–Crippen MR) is 91.0 cm³/mol. The number of carbonyl (C=O) groups is 2. The zero-order chi connectivity index (χ0) is 18.4. The summed E-state index contributed by atoms with van der Waals surface area (Å²) in [7, 11) is 1.31. The minimum Gasteiger partial charge on any atom is -0.464 e. The summed E-state index contributed by atoms with van der Waals surface area (Å²) >= 11 is 5.91. The van der Waals surface area contributed by atoms with E-state index in [4.69, 9.17) is 16.3 Å². The molecule has 0 saturated heterocycles. The molecular weight excluding hydrogens is 360 g/mol. The molecule has 0 spiro atoms. The molecule has 1 aliphatic rings. The van der Waals surface area contributed by atoms with E-state index >= 15 is 0 Å². The van der Waals surface area contributed by atoms with Gasteiger partial charge >= 0.3 is 5.97 Å². The van der Waals surface area contributed by atoms with Crippen molar-refractivity contribution in [3.63, 3.8) is 0 Å². The van der Waals surface area contributed by atoms with E-state index in [0.717, 1.165) is 0 Å². The highest BCUT2D eigenvalue weighted by molar-refractivity contribution is 6.30. The molecule has 4 rings (SSSR count). The van der Waals surface area contributed by atoms with E-state index in [1.165, 1.54) is 17.8 Å². The molecule has 1 amide bonds. The fourth-order valence-electron chi connectivity index (χ4n) is 3.08. The topological polar surface area (TPSA) is 94.6 Å². The zero-order valence-electron chi connectivity index (χ0n) is 14.1. The summed E-state index contributed by atoms with van der Waals surface area (Å²) < 4.78 is 8.05. The van der Waals surface area contributed by atoms with E-state index in [2.05, 4.69) is 15.1 Å². The molecule has 3 aromatic rings. The van der Waals surface area contributed by atoms with Gasteiger partial charge < -0.3 is 14.2 Å². The molecule has 3 aromatic heterocycles. The van der Waals surface area contributed by atoms with Crippen molar-refractivity contribution in [3.8, 4) is 0 Å². The van der Waals surface area contributed by atoms with Crippen molar-refractivity contribution in [2.45, 2.75) is 19.5 Å². The summed E-state index contributed by atoms with van der Waals surface area (Å²) in [6, 6.07) is 1.31. The number of imidazole rings is 1. The van der Waals surface area contributed by atoms with Crippen molar-refractivity contribution in [1.82, 2.24) is 29.0 Å². The Morgan fingerprint density at radius 2 is 2.08 bits per heavy atom. The van der Waals surface area contributed by atoms with Gasteiger partial charge in [0.05, 0.1) is 24.4 Å².